The number of hydrogen-bond donors (Lipinski definition) is 2. The SMILES string of the molecule is CCOC(=O)N[C@H]1CCCN(c2cc(N3CCC[C@H](CO)C3)ncn2)C1. The maximum atomic E-state index is 11.7. The molecule has 26 heavy (non-hydrogen) atoms. The van der Waals surface area contributed by atoms with E-state index in [1.807, 2.05) is 6.07 Å². The van der Waals surface area contributed by atoms with Crippen LogP contribution in [0.1, 0.15) is 32.6 Å². The number of aromatic nitrogens is 2. The molecule has 3 rings (SSSR count). The van der Waals surface area contributed by atoms with E-state index in [4.69, 9.17) is 4.74 Å². The van der Waals surface area contributed by atoms with Gasteiger partial charge in [-0.2, -0.15) is 0 Å². The number of nitrogens with zero attached hydrogens (tertiary/aromatic N) is 4. The quantitative estimate of drug-likeness (QED) is 0.817. The first-order valence-electron chi connectivity index (χ1n) is 9.55. The van der Waals surface area contributed by atoms with E-state index in [2.05, 4.69) is 25.1 Å². The van der Waals surface area contributed by atoms with Crippen molar-refractivity contribution in [3.8, 4) is 0 Å². The zero-order chi connectivity index (χ0) is 18.4. The fourth-order valence-electron chi connectivity index (χ4n) is 3.75. The molecule has 2 fully saturated rings. The van der Waals surface area contributed by atoms with Gasteiger partial charge in [0.1, 0.15) is 18.0 Å². The van der Waals surface area contributed by atoms with Crippen molar-refractivity contribution in [3.05, 3.63) is 12.4 Å². The van der Waals surface area contributed by atoms with Gasteiger partial charge >= 0.3 is 6.09 Å². The van der Waals surface area contributed by atoms with Crippen molar-refractivity contribution >= 4 is 17.7 Å². The Morgan fingerprint density at radius 2 is 1.92 bits per heavy atom. The normalized spacial score (nSPS) is 23.6. The average Bonchev–Trinajstić information content (AvgIpc) is 2.68. The highest BCUT2D eigenvalue weighted by molar-refractivity contribution is 5.67. The van der Waals surface area contributed by atoms with Crippen LogP contribution in [0.15, 0.2) is 12.4 Å². The van der Waals surface area contributed by atoms with E-state index < -0.39 is 0 Å². The van der Waals surface area contributed by atoms with Gasteiger partial charge in [0.2, 0.25) is 0 Å². The summed E-state index contributed by atoms with van der Waals surface area (Å²) in [5.41, 5.74) is 0. The van der Waals surface area contributed by atoms with Crippen molar-refractivity contribution in [2.45, 2.75) is 38.6 Å². The number of hydrogen-bond acceptors (Lipinski definition) is 7. The van der Waals surface area contributed by atoms with Crippen LogP contribution in [0.2, 0.25) is 0 Å². The molecule has 1 amide bonds. The van der Waals surface area contributed by atoms with Crippen LogP contribution in [0.25, 0.3) is 0 Å². The molecule has 144 valence electrons. The third-order valence-corrected chi connectivity index (χ3v) is 5.08. The Hall–Kier alpha value is -2.09. The lowest BCUT2D eigenvalue weighted by atomic mass is 9.99. The van der Waals surface area contributed by atoms with Gasteiger partial charge in [-0.3, -0.25) is 0 Å². The number of anilines is 2. The molecule has 0 bridgehead atoms. The summed E-state index contributed by atoms with van der Waals surface area (Å²) in [6.45, 7) is 5.83. The zero-order valence-corrected chi connectivity index (χ0v) is 15.4. The second kappa shape index (κ2) is 9.02. The molecule has 0 aromatic carbocycles. The standard InChI is InChI=1S/C18H29N5O3/c1-2-26-18(25)21-15-6-4-8-23(11-15)17-9-16(19-13-20-17)22-7-3-5-14(10-22)12-24/h9,13-15,24H,2-8,10-12H2,1H3,(H,21,25)/t14-,15-/m0/s1. The van der Waals surface area contributed by atoms with Crippen molar-refractivity contribution in [1.82, 2.24) is 15.3 Å². The Morgan fingerprint density at radius 3 is 2.62 bits per heavy atom. The lowest BCUT2D eigenvalue weighted by molar-refractivity contribution is 0.146. The summed E-state index contributed by atoms with van der Waals surface area (Å²) in [4.78, 5) is 25.0. The summed E-state index contributed by atoms with van der Waals surface area (Å²) in [7, 11) is 0. The topological polar surface area (TPSA) is 90.8 Å². The Labute approximate surface area is 154 Å². The zero-order valence-electron chi connectivity index (χ0n) is 15.4. The second-order valence-electron chi connectivity index (χ2n) is 7.02. The van der Waals surface area contributed by atoms with Crippen LogP contribution >= 0.6 is 0 Å². The molecule has 0 saturated carbocycles. The number of aliphatic hydroxyl groups is 1. The van der Waals surface area contributed by atoms with Crippen molar-refractivity contribution in [1.29, 1.82) is 0 Å². The second-order valence-corrected chi connectivity index (χ2v) is 7.02. The molecular formula is C18H29N5O3. The van der Waals surface area contributed by atoms with Gasteiger partial charge in [-0.15, -0.1) is 0 Å². The third kappa shape index (κ3) is 4.75. The molecule has 2 aliphatic heterocycles. The van der Waals surface area contributed by atoms with Crippen molar-refractivity contribution in [3.63, 3.8) is 0 Å². The number of aliphatic hydroxyl groups excluding tert-OH is 1. The molecule has 0 aliphatic carbocycles. The van der Waals surface area contributed by atoms with Gasteiger partial charge in [0, 0.05) is 44.9 Å². The maximum Gasteiger partial charge on any atom is 0.407 e. The average molecular weight is 363 g/mol. The number of nitrogens with one attached hydrogen (secondary N) is 1. The van der Waals surface area contributed by atoms with Gasteiger partial charge in [-0.05, 0) is 38.5 Å². The van der Waals surface area contributed by atoms with E-state index in [-0.39, 0.29) is 18.7 Å². The number of rotatable bonds is 5. The fourth-order valence-corrected chi connectivity index (χ4v) is 3.75. The van der Waals surface area contributed by atoms with E-state index in [1.54, 1.807) is 13.3 Å². The minimum atomic E-state index is -0.355. The molecule has 3 heterocycles. The highest BCUT2D eigenvalue weighted by Crippen LogP contribution is 2.25. The summed E-state index contributed by atoms with van der Waals surface area (Å²) in [5, 5.41) is 12.4. The van der Waals surface area contributed by atoms with Gasteiger partial charge in [0.05, 0.1) is 6.61 Å². The highest BCUT2D eigenvalue weighted by atomic mass is 16.5. The smallest absolute Gasteiger partial charge is 0.407 e. The van der Waals surface area contributed by atoms with E-state index in [0.717, 1.165) is 57.0 Å². The van der Waals surface area contributed by atoms with E-state index in [0.29, 0.717) is 19.1 Å². The largest absolute Gasteiger partial charge is 0.450 e. The van der Waals surface area contributed by atoms with Crippen LogP contribution in [0, 0.1) is 5.92 Å². The third-order valence-electron chi connectivity index (χ3n) is 5.08. The summed E-state index contributed by atoms with van der Waals surface area (Å²) in [6.07, 6.45) is 5.32. The molecule has 0 spiro atoms. The number of alkyl carbamates (subject to hydrolysis) is 1. The van der Waals surface area contributed by atoms with Gasteiger partial charge in [-0.1, -0.05) is 0 Å². The first kappa shape index (κ1) is 18.7. The summed E-state index contributed by atoms with van der Waals surface area (Å²) < 4.78 is 4.98. The predicted molar refractivity (Wildman–Crippen MR) is 99.4 cm³/mol. The van der Waals surface area contributed by atoms with Crippen molar-refractivity contribution in [2.24, 2.45) is 5.92 Å². The lowest BCUT2D eigenvalue weighted by Gasteiger charge is -2.35. The number of ether oxygens (including phenoxy) is 1. The highest BCUT2D eigenvalue weighted by Gasteiger charge is 2.25. The minimum Gasteiger partial charge on any atom is -0.450 e. The molecule has 8 heteroatoms. The van der Waals surface area contributed by atoms with Crippen LogP contribution in [-0.4, -0.2) is 66.6 Å². The summed E-state index contributed by atoms with van der Waals surface area (Å²) >= 11 is 0. The Balaban J connectivity index is 1.64. The Bertz CT molecular complexity index is 600. The van der Waals surface area contributed by atoms with Crippen LogP contribution in [0.3, 0.4) is 0 Å². The Kier molecular flexibility index (Phi) is 6.49. The first-order chi connectivity index (χ1) is 12.7. The number of amides is 1. The van der Waals surface area contributed by atoms with Crippen LogP contribution < -0.4 is 15.1 Å². The molecule has 2 atom stereocenters. The molecule has 2 aliphatic rings. The van der Waals surface area contributed by atoms with Gasteiger partial charge in [-0.25, -0.2) is 14.8 Å². The molecule has 0 radical (unpaired) electrons. The molecule has 0 unspecified atom stereocenters. The summed E-state index contributed by atoms with van der Waals surface area (Å²) in [6, 6.07) is 2.09. The molecule has 2 saturated heterocycles. The monoisotopic (exact) mass is 363 g/mol. The fraction of sp³-hybridized carbons (Fsp3) is 0.722. The predicted octanol–water partition coefficient (Wildman–Crippen LogP) is 1.40. The van der Waals surface area contributed by atoms with Crippen molar-refractivity contribution < 1.29 is 14.6 Å². The number of carbonyl (C=O) groups is 1. The van der Waals surface area contributed by atoms with Gasteiger partial charge < -0.3 is 25.0 Å². The van der Waals surface area contributed by atoms with Crippen LogP contribution in [-0.2, 0) is 4.74 Å². The van der Waals surface area contributed by atoms with Crippen LogP contribution in [0.4, 0.5) is 16.4 Å². The molecule has 1 aromatic heterocycles. The molecule has 1 aromatic rings. The Morgan fingerprint density at radius 1 is 1.23 bits per heavy atom. The first-order valence-corrected chi connectivity index (χ1v) is 9.55. The minimum absolute atomic E-state index is 0.0648. The molecule has 8 nitrogen and oxygen atoms in total. The van der Waals surface area contributed by atoms with E-state index >= 15 is 0 Å². The number of piperidine rings is 2. The summed E-state index contributed by atoms with van der Waals surface area (Å²) in [5.74, 6) is 2.11. The van der Waals surface area contributed by atoms with Crippen LogP contribution in [0.5, 0.6) is 0 Å². The molecular weight excluding hydrogens is 334 g/mol. The van der Waals surface area contributed by atoms with Gasteiger partial charge in [0.15, 0.2) is 0 Å². The molecule has 2 N–H and O–H groups in total. The van der Waals surface area contributed by atoms with E-state index in [1.165, 1.54) is 0 Å². The number of carbonyl (C=O) groups excluding carboxylic acids is 1. The van der Waals surface area contributed by atoms with Crippen molar-refractivity contribution in [2.75, 3.05) is 49.2 Å². The van der Waals surface area contributed by atoms with Gasteiger partial charge in [0.25, 0.3) is 0 Å². The lowest BCUT2D eigenvalue weighted by Crippen LogP contribution is -2.48. The maximum absolute atomic E-state index is 11.7. The van der Waals surface area contributed by atoms with E-state index in [9.17, 15) is 9.90 Å².